The van der Waals surface area contributed by atoms with Gasteiger partial charge in [0.2, 0.25) is 0 Å². The molecule has 2 nitrogen and oxygen atoms in total. The van der Waals surface area contributed by atoms with Crippen molar-refractivity contribution in [1.82, 2.24) is 0 Å². The molecule has 2 rings (SSSR count). The number of aryl methyl sites for hydroxylation is 2. The van der Waals surface area contributed by atoms with Crippen molar-refractivity contribution in [1.29, 1.82) is 0 Å². The standard InChI is InChI=1S/C17H18O2/c1-13-8-9-15(10-14(13)2)11-16(18)12-19-17-6-4-3-5-7-17/h3-10H,11-12H2,1-2H3. The lowest BCUT2D eigenvalue weighted by molar-refractivity contribution is -0.120. The van der Waals surface area contributed by atoms with Crippen LogP contribution in [0.5, 0.6) is 5.75 Å². The van der Waals surface area contributed by atoms with Crippen LogP contribution < -0.4 is 4.74 Å². The predicted molar refractivity (Wildman–Crippen MR) is 76.6 cm³/mol. The summed E-state index contributed by atoms with van der Waals surface area (Å²) in [5.74, 6) is 0.822. The fourth-order valence-electron chi connectivity index (χ4n) is 1.87. The third-order valence-electron chi connectivity index (χ3n) is 3.12. The van der Waals surface area contributed by atoms with E-state index in [1.165, 1.54) is 11.1 Å². The molecular weight excluding hydrogens is 236 g/mol. The van der Waals surface area contributed by atoms with Crippen LogP contribution in [0, 0.1) is 13.8 Å². The van der Waals surface area contributed by atoms with Gasteiger partial charge < -0.3 is 4.74 Å². The Balaban J connectivity index is 1.89. The minimum atomic E-state index is 0.0899. The molecule has 0 atom stereocenters. The fraction of sp³-hybridized carbons (Fsp3) is 0.235. The summed E-state index contributed by atoms with van der Waals surface area (Å²) in [5, 5.41) is 0. The second kappa shape index (κ2) is 6.19. The molecule has 2 heteroatoms. The van der Waals surface area contributed by atoms with Crippen molar-refractivity contribution in [2.75, 3.05) is 6.61 Å². The van der Waals surface area contributed by atoms with Gasteiger partial charge in [-0.15, -0.1) is 0 Å². The van der Waals surface area contributed by atoms with Gasteiger partial charge >= 0.3 is 0 Å². The molecule has 0 aliphatic carbocycles. The van der Waals surface area contributed by atoms with Crippen LogP contribution in [0.1, 0.15) is 16.7 Å². The zero-order valence-corrected chi connectivity index (χ0v) is 11.3. The number of ether oxygens (including phenoxy) is 1. The molecule has 0 heterocycles. The molecule has 0 aliphatic rings. The molecule has 0 radical (unpaired) electrons. The number of ketones is 1. The summed E-state index contributed by atoms with van der Waals surface area (Å²) in [5.41, 5.74) is 3.51. The van der Waals surface area contributed by atoms with Crippen molar-refractivity contribution in [3.8, 4) is 5.75 Å². The molecule has 0 saturated heterocycles. The monoisotopic (exact) mass is 254 g/mol. The molecule has 0 fully saturated rings. The predicted octanol–water partition coefficient (Wildman–Crippen LogP) is 3.49. The van der Waals surface area contributed by atoms with E-state index >= 15 is 0 Å². The molecule has 0 N–H and O–H groups in total. The van der Waals surface area contributed by atoms with Crippen molar-refractivity contribution in [3.63, 3.8) is 0 Å². The van der Waals surface area contributed by atoms with Gasteiger partial charge in [-0.25, -0.2) is 0 Å². The summed E-state index contributed by atoms with van der Waals surface area (Å²) in [7, 11) is 0. The van der Waals surface area contributed by atoms with Gasteiger partial charge in [0.1, 0.15) is 12.4 Å². The molecule has 19 heavy (non-hydrogen) atoms. The van der Waals surface area contributed by atoms with Crippen LogP contribution in [0.15, 0.2) is 48.5 Å². The van der Waals surface area contributed by atoms with Gasteiger partial charge in [0.05, 0.1) is 0 Å². The molecule has 0 unspecified atom stereocenters. The first-order chi connectivity index (χ1) is 9.15. The van der Waals surface area contributed by atoms with Gasteiger partial charge in [0.15, 0.2) is 5.78 Å². The maximum absolute atomic E-state index is 11.9. The summed E-state index contributed by atoms with van der Waals surface area (Å²) in [6.07, 6.45) is 0.425. The smallest absolute Gasteiger partial charge is 0.174 e. The highest BCUT2D eigenvalue weighted by molar-refractivity contribution is 5.82. The van der Waals surface area contributed by atoms with E-state index in [0.717, 1.165) is 11.3 Å². The van der Waals surface area contributed by atoms with Gasteiger partial charge in [-0.3, -0.25) is 4.79 Å². The highest BCUT2D eigenvalue weighted by atomic mass is 16.5. The summed E-state index contributed by atoms with van der Waals surface area (Å²) in [6, 6.07) is 15.5. The van der Waals surface area contributed by atoms with Crippen molar-refractivity contribution < 1.29 is 9.53 Å². The highest BCUT2D eigenvalue weighted by Crippen LogP contribution is 2.12. The SMILES string of the molecule is Cc1ccc(CC(=O)COc2ccccc2)cc1C. The Bertz CT molecular complexity index is 559. The number of benzene rings is 2. The molecule has 0 saturated carbocycles. The van der Waals surface area contributed by atoms with E-state index in [0.29, 0.717) is 6.42 Å². The fourth-order valence-corrected chi connectivity index (χ4v) is 1.87. The summed E-state index contributed by atoms with van der Waals surface area (Å²) in [6.45, 7) is 4.25. The van der Waals surface area contributed by atoms with Crippen molar-refractivity contribution in [2.24, 2.45) is 0 Å². The van der Waals surface area contributed by atoms with Crippen molar-refractivity contribution in [2.45, 2.75) is 20.3 Å². The average molecular weight is 254 g/mol. The molecular formula is C17H18O2. The number of carbonyl (C=O) groups is 1. The lowest BCUT2D eigenvalue weighted by Crippen LogP contribution is -2.13. The lowest BCUT2D eigenvalue weighted by Gasteiger charge is -2.07. The first kappa shape index (κ1) is 13.3. The lowest BCUT2D eigenvalue weighted by atomic mass is 10.0. The zero-order chi connectivity index (χ0) is 13.7. The van der Waals surface area contributed by atoms with Crippen LogP contribution in [-0.2, 0) is 11.2 Å². The number of rotatable bonds is 5. The number of carbonyl (C=O) groups excluding carboxylic acids is 1. The highest BCUT2D eigenvalue weighted by Gasteiger charge is 2.06. The molecule has 0 amide bonds. The quantitative estimate of drug-likeness (QED) is 0.816. The van der Waals surface area contributed by atoms with Crippen LogP contribution in [0.4, 0.5) is 0 Å². The molecule has 0 bridgehead atoms. The van der Waals surface area contributed by atoms with E-state index < -0.39 is 0 Å². The van der Waals surface area contributed by atoms with Gasteiger partial charge in [-0.2, -0.15) is 0 Å². The second-order valence-corrected chi connectivity index (χ2v) is 4.74. The van der Waals surface area contributed by atoms with Crippen molar-refractivity contribution >= 4 is 5.78 Å². The van der Waals surface area contributed by atoms with Crippen molar-refractivity contribution in [3.05, 3.63) is 65.2 Å². The third-order valence-corrected chi connectivity index (χ3v) is 3.12. The Morgan fingerprint density at radius 2 is 1.74 bits per heavy atom. The van der Waals surface area contributed by atoms with Gasteiger partial charge in [0, 0.05) is 6.42 Å². The number of hydrogen-bond acceptors (Lipinski definition) is 2. The van der Waals surface area contributed by atoms with E-state index in [1.807, 2.05) is 36.4 Å². The van der Waals surface area contributed by atoms with Crippen LogP contribution in [0.2, 0.25) is 0 Å². The zero-order valence-electron chi connectivity index (χ0n) is 11.3. The maximum Gasteiger partial charge on any atom is 0.174 e. The van der Waals surface area contributed by atoms with E-state index in [2.05, 4.69) is 26.0 Å². The summed E-state index contributed by atoms with van der Waals surface area (Å²) < 4.78 is 5.44. The van der Waals surface area contributed by atoms with Gasteiger partial charge in [0.25, 0.3) is 0 Å². The largest absolute Gasteiger partial charge is 0.486 e. The first-order valence-electron chi connectivity index (χ1n) is 6.41. The minimum Gasteiger partial charge on any atom is -0.486 e. The number of Topliss-reactive ketones (excluding diaryl/α,β-unsaturated/α-hetero) is 1. The summed E-state index contributed by atoms with van der Waals surface area (Å²) in [4.78, 5) is 11.9. The minimum absolute atomic E-state index is 0.0899. The van der Waals surface area contributed by atoms with E-state index in [4.69, 9.17) is 4.74 Å². The van der Waals surface area contributed by atoms with E-state index in [9.17, 15) is 4.79 Å². The average Bonchev–Trinajstić information content (AvgIpc) is 2.42. The Labute approximate surface area is 114 Å². The van der Waals surface area contributed by atoms with Crippen LogP contribution >= 0.6 is 0 Å². The summed E-state index contributed by atoms with van der Waals surface area (Å²) >= 11 is 0. The topological polar surface area (TPSA) is 26.3 Å². The van der Waals surface area contributed by atoms with E-state index in [-0.39, 0.29) is 12.4 Å². The van der Waals surface area contributed by atoms with E-state index in [1.54, 1.807) is 0 Å². The molecule has 2 aromatic carbocycles. The molecule has 0 aliphatic heterocycles. The normalized spacial score (nSPS) is 10.2. The van der Waals surface area contributed by atoms with Crippen LogP contribution in [0.3, 0.4) is 0 Å². The maximum atomic E-state index is 11.9. The number of para-hydroxylation sites is 1. The Morgan fingerprint density at radius 3 is 2.42 bits per heavy atom. The number of hydrogen-bond donors (Lipinski definition) is 0. The second-order valence-electron chi connectivity index (χ2n) is 4.74. The first-order valence-corrected chi connectivity index (χ1v) is 6.41. The molecule has 98 valence electrons. The van der Waals surface area contributed by atoms with Gasteiger partial charge in [-0.1, -0.05) is 36.4 Å². The van der Waals surface area contributed by atoms with Crippen LogP contribution in [0.25, 0.3) is 0 Å². The van der Waals surface area contributed by atoms with Gasteiger partial charge in [-0.05, 0) is 42.7 Å². The Morgan fingerprint density at radius 1 is 1.00 bits per heavy atom. The Kier molecular flexibility index (Phi) is 4.35. The Hall–Kier alpha value is -2.09. The molecule has 0 aromatic heterocycles. The third kappa shape index (κ3) is 3.95. The molecule has 2 aromatic rings. The van der Waals surface area contributed by atoms with Crippen LogP contribution in [-0.4, -0.2) is 12.4 Å². The molecule has 0 spiro atoms.